The Labute approximate surface area is 112 Å². The smallest absolute Gasteiger partial charge is 0.310 e. The molecule has 19 heavy (non-hydrogen) atoms. The fourth-order valence-corrected chi connectivity index (χ4v) is 2.55. The number of hydrogen-bond donors (Lipinski definition) is 1. The van der Waals surface area contributed by atoms with Crippen LogP contribution in [0.3, 0.4) is 0 Å². The van der Waals surface area contributed by atoms with E-state index in [1.165, 1.54) is 31.4 Å². The summed E-state index contributed by atoms with van der Waals surface area (Å²) in [5.41, 5.74) is 0.386. The van der Waals surface area contributed by atoms with Gasteiger partial charge in [0.25, 0.3) is 0 Å². The van der Waals surface area contributed by atoms with Crippen molar-refractivity contribution in [3.05, 3.63) is 35.4 Å². The summed E-state index contributed by atoms with van der Waals surface area (Å²) in [6.07, 6.45) is 0.570. The molecule has 0 amide bonds. The van der Waals surface area contributed by atoms with Gasteiger partial charge in [0.15, 0.2) is 0 Å². The Morgan fingerprint density at radius 2 is 1.84 bits per heavy atom. The molecule has 1 aliphatic carbocycles. The maximum Gasteiger partial charge on any atom is 0.416 e. The molecule has 1 aliphatic rings. The van der Waals surface area contributed by atoms with Crippen molar-refractivity contribution < 1.29 is 13.2 Å². The van der Waals surface area contributed by atoms with E-state index in [0.29, 0.717) is 0 Å². The molecule has 1 N–H and O–H groups in total. The van der Waals surface area contributed by atoms with Gasteiger partial charge in [0, 0.05) is 6.04 Å². The van der Waals surface area contributed by atoms with Crippen LogP contribution in [0.4, 0.5) is 13.2 Å². The second-order valence-electron chi connectivity index (χ2n) is 5.26. The highest BCUT2D eigenvalue weighted by atomic mass is 19.4. The van der Waals surface area contributed by atoms with E-state index in [1.54, 1.807) is 12.1 Å². The maximum absolute atomic E-state index is 12.5. The van der Waals surface area contributed by atoms with Gasteiger partial charge in [0.1, 0.15) is 0 Å². The molecule has 1 fully saturated rings. The van der Waals surface area contributed by atoms with Crippen LogP contribution in [-0.2, 0) is 6.18 Å². The van der Waals surface area contributed by atoms with Crippen LogP contribution >= 0.6 is 0 Å². The van der Waals surface area contributed by atoms with Crippen LogP contribution in [0.2, 0.25) is 0 Å². The van der Waals surface area contributed by atoms with E-state index in [-0.39, 0.29) is 6.04 Å². The van der Waals surface area contributed by atoms with Crippen LogP contribution < -0.4 is 5.32 Å². The molecule has 1 nitrogen and oxygen atoms in total. The molecule has 0 bridgehead atoms. The van der Waals surface area contributed by atoms with Gasteiger partial charge in [-0.2, -0.15) is 13.2 Å². The third kappa shape index (κ3) is 3.72. The van der Waals surface area contributed by atoms with Gasteiger partial charge < -0.3 is 5.32 Å². The standard InChI is InChI=1S/C15H20F3N/c1-2-19-14(10-11-4-3-5-11)12-6-8-13(9-7-12)15(16,17)18/h6-9,11,14,19H,2-5,10H2,1H3. The highest BCUT2D eigenvalue weighted by Crippen LogP contribution is 2.35. The van der Waals surface area contributed by atoms with E-state index in [9.17, 15) is 13.2 Å². The zero-order valence-corrected chi connectivity index (χ0v) is 11.1. The maximum atomic E-state index is 12.5. The molecular weight excluding hydrogens is 251 g/mol. The Bertz CT molecular complexity index is 393. The molecule has 0 saturated heterocycles. The van der Waals surface area contributed by atoms with Crippen LogP contribution in [0, 0.1) is 5.92 Å². The van der Waals surface area contributed by atoms with Crippen LogP contribution in [0.1, 0.15) is 49.8 Å². The predicted molar refractivity (Wildman–Crippen MR) is 69.8 cm³/mol. The molecule has 1 aromatic rings. The van der Waals surface area contributed by atoms with Crippen molar-refractivity contribution in [2.75, 3.05) is 6.54 Å². The Balaban J connectivity index is 2.07. The fourth-order valence-electron chi connectivity index (χ4n) is 2.55. The van der Waals surface area contributed by atoms with Gasteiger partial charge in [-0.3, -0.25) is 0 Å². The van der Waals surface area contributed by atoms with Crippen LogP contribution in [0.15, 0.2) is 24.3 Å². The van der Waals surface area contributed by atoms with Crippen molar-refractivity contribution in [2.45, 2.75) is 44.8 Å². The summed E-state index contributed by atoms with van der Waals surface area (Å²) in [5, 5.41) is 3.37. The highest BCUT2D eigenvalue weighted by molar-refractivity contribution is 5.27. The predicted octanol–water partition coefficient (Wildman–Crippen LogP) is 4.55. The van der Waals surface area contributed by atoms with Crippen molar-refractivity contribution >= 4 is 0 Å². The third-order valence-corrected chi connectivity index (χ3v) is 3.88. The summed E-state index contributed by atoms with van der Waals surface area (Å²) in [4.78, 5) is 0. The number of nitrogens with one attached hydrogen (secondary N) is 1. The molecule has 1 saturated carbocycles. The molecule has 1 atom stereocenters. The summed E-state index contributed by atoms with van der Waals surface area (Å²) in [6, 6.07) is 5.75. The number of benzene rings is 1. The summed E-state index contributed by atoms with van der Waals surface area (Å²) in [5.74, 6) is 0.728. The molecule has 0 spiro atoms. The first-order valence-corrected chi connectivity index (χ1v) is 6.91. The lowest BCUT2D eigenvalue weighted by Gasteiger charge is -2.30. The van der Waals surface area contributed by atoms with Gasteiger partial charge in [0.2, 0.25) is 0 Å². The lowest BCUT2D eigenvalue weighted by molar-refractivity contribution is -0.137. The summed E-state index contributed by atoms with van der Waals surface area (Å²) in [6.45, 7) is 2.86. The summed E-state index contributed by atoms with van der Waals surface area (Å²) >= 11 is 0. The van der Waals surface area contributed by atoms with Gasteiger partial charge in [0.05, 0.1) is 5.56 Å². The van der Waals surface area contributed by atoms with Gasteiger partial charge in [-0.1, -0.05) is 38.3 Å². The normalized spacial score (nSPS) is 18.1. The molecule has 106 valence electrons. The minimum absolute atomic E-state index is 0.178. The monoisotopic (exact) mass is 271 g/mol. The van der Waals surface area contributed by atoms with E-state index in [1.807, 2.05) is 6.92 Å². The highest BCUT2D eigenvalue weighted by Gasteiger charge is 2.30. The Hall–Kier alpha value is -1.03. The second-order valence-corrected chi connectivity index (χ2v) is 5.26. The lowest BCUT2D eigenvalue weighted by Crippen LogP contribution is -2.26. The van der Waals surface area contributed by atoms with E-state index in [0.717, 1.165) is 24.4 Å². The van der Waals surface area contributed by atoms with Crippen LogP contribution in [0.5, 0.6) is 0 Å². The van der Waals surface area contributed by atoms with Gasteiger partial charge in [-0.15, -0.1) is 0 Å². The number of hydrogen-bond acceptors (Lipinski definition) is 1. The molecular formula is C15H20F3N. The topological polar surface area (TPSA) is 12.0 Å². The van der Waals surface area contributed by atoms with Gasteiger partial charge in [-0.05, 0) is 36.6 Å². The van der Waals surface area contributed by atoms with Crippen molar-refractivity contribution in [1.29, 1.82) is 0 Å². The SMILES string of the molecule is CCNC(CC1CCC1)c1ccc(C(F)(F)F)cc1. The molecule has 2 rings (SSSR count). The zero-order chi connectivity index (χ0) is 13.9. The molecule has 1 unspecified atom stereocenters. The quantitative estimate of drug-likeness (QED) is 0.828. The zero-order valence-electron chi connectivity index (χ0n) is 11.1. The van der Waals surface area contributed by atoms with Crippen LogP contribution in [-0.4, -0.2) is 6.54 Å². The van der Waals surface area contributed by atoms with Crippen molar-refractivity contribution in [3.63, 3.8) is 0 Å². The summed E-state index contributed by atoms with van der Waals surface area (Å²) < 4.78 is 37.6. The minimum Gasteiger partial charge on any atom is -0.310 e. The first-order valence-electron chi connectivity index (χ1n) is 6.91. The Morgan fingerprint density at radius 3 is 2.26 bits per heavy atom. The average Bonchev–Trinajstić information content (AvgIpc) is 2.31. The van der Waals surface area contributed by atoms with E-state index in [4.69, 9.17) is 0 Å². The van der Waals surface area contributed by atoms with E-state index in [2.05, 4.69) is 5.32 Å². The number of rotatable bonds is 5. The number of halogens is 3. The largest absolute Gasteiger partial charge is 0.416 e. The Morgan fingerprint density at radius 1 is 1.21 bits per heavy atom. The van der Waals surface area contributed by atoms with Crippen molar-refractivity contribution in [3.8, 4) is 0 Å². The Kier molecular flexibility index (Phi) is 4.50. The minimum atomic E-state index is -4.25. The van der Waals surface area contributed by atoms with Crippen molar-refractivity contribution in [2.24, 2.45) is 5.92 Å². The molecule has 1 aromatic carbocycles. The summed E-state index contributed by atoms with van der Waals surface area (Å²) in [7, 11) is 0. The molecule has 4 heteroatoms. The molecule has 0 radical (unpaired) electrons. The van der Waals surface area contributed by atoms with Gasteiger partial charge in [-0.25, -0.2) is 0 Å². The molecule has 0 aliphatic heterocycles. The lowest BCUT2D eigenvalue weighted by atomic mass is 9.79. The van der Waals surface area contributed by atoms with Gasteiger partial charge >= 0.3 is 6.18 Å². The number of alkyl halides is 3. The van der Waals surface area contributed by atoms with Crippen molar-refractivity contribution in [1.82, 2.24) is 5.32 Å². The molecule has 0 heterocycles. The first-order chi connectivity index (χ1) is 9.00. The fraction of sp³-hybridized carbons (Fsp3) is 0.600. The van der Waals surface area contributed by atoms with E-state index >= 15 is 0 Å². The molecule has 0 aromatic heterocycles. The van der Waals surface area contributed by atoms with Crippen LogP contribution in [0.25, 0.3) is 0 Å². The third-order valence-electron chi connectivity index (χ3n) is 3.88. The van der Waals surface area contributed by atoms with E-state index < -0.39 is 11.7 Å². The average molecular weight is 271 g/mol. The second kappa shape index (κ2) is 5.95. The first kappa shape index (κ1) is 14.4.